The second kappa shape index (κ2) is 22.8. The molecular weight excluding hydrogens is 164 g/mol. The Bertz CT molecular complexity index is 51.3. The highest BCUT2D eigenvalue weighted by atomic mass is 28.4. The van der Waals surface area contributed by atoms with Crippen LogP contribution in [0, 0.1) is 0 Å². The van der Waals surface area contributed by atoms with Crippen LogP contribution < -0.4 is 0 Å². The maximum Gasteiger partial charge on any atom is 0.668 e. The molecule has 0 atom stereocenters. The zero-order chi connectivity index (χ0) is 10.5. The predicted octanol–water partition coefficient (Wildman–Crippen LogP) is -0.202. The molecule has 0 spiro atoms. The van der Waals surface area contributed by atoms with Crippen LogP contribution >= 0.6 is 0 Å². The molecule has 11 heavy (non-hydrogen) atoms. The van der Waals surface area contributed by atoms with Gasteiger partial charge in [0.05, 0.1) is 0 Å². The lowest BCUT2D eigenvalue weighted by molar-refractivity contribution is 0.117. The first-order valence-electron chi connectivity index (χ1n) is 2.39. The highest BCUT2D eigenvalue weighted by Gasteiger charge is 2.22. The fourth-order valence-corrected chi connectivity index (χ4v) is 0. The van der Waals surface area contributed by atoms with Gasteiger partial charge in [-0.2, -0.15) is 0 Å². The lowest BCUT2D eigenvalue weighted by Gasteiger charge is -1.91. The minimum Gasteiger partial charge on any atom is -0.368 e. The average Bonchev–Trinajstić information content (AvgIpc) is 1.96. The Kier molecular flexibility index (Phi) is 46.6. The second-order valence-corrected chi connectivity index (χ2v) is 1.80. The SMILES string of the molecule is C=C.C=C.C=C.O[Si](O)(O)O. The summed E-state index contributed by atoms with van der Waals surface area (Å²) in [5, 5.41) is 0. The lowest BCUT2D eigenvalue weighted by Crippen LogP contribution is -2.33. The standard InChI is InChI=1S/3C2H4.H4O4Si/c3*1-2;1-5(2,3)4/h3*1-2H2;1-4H. The average molecular weight is 180 g/mol. The maximum atomic E-state index is 7.33. The summed E-state index contributed by atoms with van der Waals surface area (Å²) < 4.78 is 0. The topological polar surface area (TPSA) is 80.9 Å². The van der Waals surface area contributed by atoms with Crippen molar-refractivity contribution in [2.45, 2.75) is 0 Å². The van der Waals surface area contributed by atoms with Crippen LogP contribution in [0.4, 0.5) is 0 Å². The van der Waals surface area contributed by atoms with Gasteiger partial charge in [0.2, 0.25) is 0 Å². The van der Waals surface area contributed by atoms with E-state index in [9.17, 15) is 0 Å². The molecule has 0 radical (unpaired) electrons. The molecule has 4 nitrogen and oxygen atoms in total. The summed E-state index contributed by atoms with van der Waals surface area (Å²) >= 11 is 0. The Morgan fingerprint density at radius 3 is 0.545 bits per heavy atom. The monoisotopic (exact) mass is 180 g/mol. The van der Waals surface area contributed by atoms with Gasteiger partial charge >= 0.3 is 9.05 Å². The maximum absolute atomic E-state index is 7.33. The highest BCUT2D eigenvalue weighted by molar-refractivity contribution is 6.46. The third kappa shape index (κ3) is 939. The van der Waals surface area contributed by atoms with Crippen LogP contribution in [-0.4, -0.2) is 28.2 Å². The van der Waals surface area contributed by atoms with Crippen molar-refractivity contribution >= 4 is 9.05 Å². The fourth-order valence-electron chi connectivity index (χ4n) is 0. The van der Waals surface area contributed by atoms with E-state index in [1.165, 1.54) is 0 Å². The minimum atomic E-state index is -4.61. The summed E-state index contributed by atoms with van der Waals surface area (Å²) in [6.07, 6.45) is 0. The number of hydrogen-bond acceptors (Lipinski definition) is 4. The van der Waals surface area contributed by atoms with Crippen molar-refractivity contribution in [3.05, 3.63) is 39.5 Å². The van der Waals surface area contributed by atoms with Gasteiger partial charge in [-0.1, -0.05) is 0 Å². The quantitative estimate of drug-likeness (QED) is 0.307. The van der Waals surface area contributed by atoms with E-state index < -0.39 is 9.05 Å². The molecule has 0 aromatic rings. The van der Waals surface area contributed by atoms with Crippen LogP contribution in [-0.2, 0) is 0 Å². The fraction of sp³-hybridized carbons (Fsp3) is 0. The molecule has 0 aromatic heterocycles. The van der Waals surface area contributed by atoms with Gasteiger partial charge in [-0.15, -0.1) is 39.5 Å². The summed E-state index contributed by atoms with van der Waals surface area (Å²) in [5.74, 6) is 0. The predicted molar refractivity (Wildman–Crippen MR) is 48.4 cm³/mol. The van der Waals surface area contributed by atoms with E-state index in [-0.39, 0.29) is 0 Å². The van der Waals surface area contributed by atoms with Crippen LogP contribution in [0.15, 0.2) is 39.5 Å². The normalized spacial score (nSPS) is 6.55. The van der Waals surface area contributed by atoms with Crippen LogP contribution in [0.2, 0.25) is 0 Å². The molecule has 5 heteroatoms. The van der Waals surface area contributed by atoms with Gasteiger partial charge in [-0.25, -0.2) is 0 Å². The van der Waals surface area contributed by atoms with E-state index in [2.05, 4.69) is 39.5 Å². The third-order valence-corrected chi connectivity index (χ3v) is 0. The van der Waals surface area contributed by atoms with Gasteiger partial charge in [0.1, 0.15) is 0 Å². The van der Waals surface area contributed by atoms with Crippen molar-refractivity contribution < 1.29 is 19.2 Å². The molecule has 0 aliphatic heterocycles. The Labute approximate surface area is 68.6 Å². The molecule has 0 aromatic carbocycles. The van der Waals surface area contributed by atoms with Crippen molar-refractivity contribution in [1.29, 1.82) is 0 Å². The summed E-state index contributed by atoms with van der Waals surface area (Å²) in [7, 11) is -4.61. The van der Waals surface area contributed by atoms with E-state index >= 15 is 0 Å². The van der Waals surface area contributed by atoms with Gasteiger partial charge in [0, 0.05) is 0 Å². The highest BCUT2D eigenvalue weighted by Crippen LogP contribution is 1.67. The van der Waals surface area contributed by atoms with Gasteiger partial charge in [-0.3, -0.25) is 0 Å². The largest absolute Gasteiger partial charge is 0.668 e. The van der Waals surface area contributed by atoms with E-state index in [1.54, 1.807) is 0 Å². The molecule has 0 heterocycles. The summed E-state index contributed by atoms with van der Waals surface area (Å²) in [5.41, 5.74) is 0. The van der Waals surface area contributed by atoms with E-state index in [1.807, 2.05) is 0 Å². The summed E-state index contributed by atoms with van der Waals surface area (Å²) in [6, 6.07) is 0. The van der Waals surface area contributed by atoms with Crippen molar-refractivity contribution in [2.75, 3.05) is 0 Å². The van der Waals surface area contributed by atoms with Gasteiger partial charge in [-0.05, 0) is 0 Å². The first-order chi connectivity index (χ1) is 5.00. The Balaban J connectivity index is -0.0000000350. The van der Waals surface area contributed by atoms with E-state index in [4.69, 9.17) is 19.2 Å². The molecule has 0 fully saturated rings. The zero-order valence-corrected chi connectivity index (χ0v) is 7.53. The summed E-state index contributed by atoms with van der Waals surface area (Å²) in [4.78, 5) is 29.3. The van der Waals surface area contributed by atoms with Crippen molar-refractivity contribution in [3.8, 4) is 0 Å². The minimum absolute atomic E-state index is 3.00. The van der Waals surface area contributed by atoms with Crippen LogP contribution in [0.5, 0.6) is 0 Å². The molecule has 4 N–H and O–H groups in total. The Hall–Kier alpha value is -0.723. The third-order valence-electron chi connectivity index (χ3n) is 0. The molecule has 0 amide bonds. The zero-order valence-electron chi connectivity index (χ0n) is 6.53. The van der Waals surface area contributed by atoms with Gasteiger partial charge in [0.15, 0.2) is 0 Å². The van der Waals surface area contributed by atoms with E-state index in [0.717, 1.165) is 0 Å². The number of rotatable bonds is 0. The summed E-state index contributed by atoms with van der Waals surface area (Å²) in [6.45, 7) is 18.0. The van der Waals surface area contributed by atoms with Crippen molar-refractivity contribution in [1.82, 2.24) is 0 Å². The molecule has 0 saturated carbocycles. The van der Waals surface area contributed by atoms with Crippen LogP contribution in [0.1, 0.15) is 0 Å². The second-order valence-electron chi connectivity index (χ2n) is 0.600. The lowest BCUT2D eigenvalue weighted by atomic mass is 11.3. The Morgan fingerprint density at radius 1 is 0.545 bits per heavy atom. The molecule has 0 unspecified atom stereocenters. The first-order valence-corrected chi connectivity index (χ1v) is 4.18. The van der Waals surface area contributed by atoms with E-state index in [0.29, 0.717) is 0 Å². The smallest absolute Gasteiger partial charge is 0.368 e. The van der Waals surface area contributed by atoms with Crippen LogP contribution in [0.25, 0.3) is 0 Å². The molecule has 0 aliphatic carbocycles. The molecule has 68 valence electrons. The van der Waals surface area contributed by atoms with Crippen molar-refractivity contribution in [2.24, 2.45) is 0 Å². The van der Waals surface area contributed by atoms with Gasteiger partial charge in [0.25, 0.3) is 0 Å². The first kappa shape index (κ1) is 22.4. The Morgan fingerprint density at radius 2 is 0.545 bits per heavy atom. The molecule has 0 aliphatic rings. The van der Waals surface area contributed by atoms with Crippen molar-refractivity contribution in [3.63, 3.8) is 0 Å². The van der Waals surface area contributed by atoms with Crippen LogP contribution in [0.3, 0.4) is 0 Å². The molecule has 0 rings (SSSR count). The molecule has 0 bridgehead atoms. The van der Waals surface area contributed by atoms with Gasteiger partial charge < -0.3 is 19.2 Å². The molecule has 0 saturated heterocycles. The molecular formula is C6H16O4Si. The number of hydrogen-bond donors (Lipinski definition) is 4.